The zero-order valence-electron chi connectivity index (χ0n) is 9.58. The van der Waals surface area contributed by atoms with Crippen molar-refractivity contribution < 1.29 is 77.2 Å². The second kappa shape index (κ2) is 15.3. The van der Waals surface area contributed by atoms with Crippen LogP contribution in [0, 0.1) is 0 Å². The molecule has 0 aliphatic rings. The first-order chi connectivity index (χ1) is 7.68. The molecule has 0 aromatic carbocycles. The second-order valence-corrected chi connectivity index (χ2v) is 7.14. The van der Waals surface area contributed by atoms with Crippen molar-refractivity contribution in [3.63, 3.8) is 0 Å². The Morgan fingerprint density at radius 2 is 0.600 bits per heavy atom. The van der Waals surface area contributed by atoms with E-state index in [9.17, 15) is 43.1 Å². The molecule has 0 aliphatic heterocycles. The first kappa shape index (κ1) is 33.1. The van der Waals surface area contributed by atoms with Crippen LogP contribution >= 0.6 is 22.8 Å². The van der Waals surface area contributed by atoms with Gasteiger partial charge in [-0.1, -0.05) is 22.8 Å². The molecule has 0 bridgehead atoms. The Hall–Kier alpha value is 1.37. The zero-order chi connectivity index (χ0) is 15.6. The molecule has 0 aliphatic carbocycles. The fraction of sp³-hybridized carbons (Fsp3) is 1.00. The van der Waals surface area contributed by atoms with Crippen molar-refractivity contribution in [3.05, 3.63) is 0 Å². The normalized spacial score (nSPS) is 10.7. The molecule has 0 spiro atoms. The molecule has 0 heterocycles. The summed E-state index contributed by atoms with van der Waals surface area (Å²) in [6.45, 7) is 0. The van der Waals surface area contributed by atoms with Crippen LogP contribution in [0.2, 0.25) is 0 Å². The van der Waals surface area contributed by atoms with E-state index in [4.69, 9.17) is 0 Å². The first-order valence-electron chi connectivity index (χ1n) is 3.82. The Kier molecular flexibility index (Phi) is 25.3. The standard InChI is InChI=1S/3CH6NO3P.2Fe/c3*2-1-6(3,4)5;;/h3*1-2H2,(H2,3,4,5);;/q;;;2*+3/p-6. The Balaban J connectivity index is -0.0000000536. The van der Waals surface area contributed by atoms with Crippen LogP contribution in [0.4, 0.5) is 0 Å². The van der Waals surface area contributed by atoms with Crippen LogP contribution in [0.3, 0.4) is 0 Å². The molecule has 6 N–H and O–H groups in total. The summed E-state index contributed by atoms with van der Waals surface area (Å²) in [6.07, 6.45) is -2.35. The largest absolute Gasteiger partial charge is 3.00 e. The molecule has 0 saturated carbocycles. The van der Waals surface area contributed by atoms with Crippen molar-refractivity contribution in [1.82, 2.24) is 0 Å². The molecule has 0 atom stereocenters. The van der Waals surface area contributed by atoms with Gasteiger partial charge >= 0.3 is 34.1 Å². The van der Waals surface area contributed by atoms with Crippen LogP contribution in [0.5, 0.6) is 0 Å². The van der Waals surface area contributed by atoms with Crippen molar-refractivity contribution in [2.75, 3.05) is 18.9 Å². The van der Waals surface area contributed by atoms with E-state index < -0.39 is 41.6 Å². The number of rotatable bonds is 3. The van der Waals surface area contributed by atoms with E-state index in [1.807, 2.05) is 0 Å². The van der Waals surface area contributed by atoms with Crippen molar-refractivity contribution in [3.8, 4) is 0 Å². The van der Waals surface area contributed by atoms with Crippen LogP contribution < -0.4 is 46.6 Å². The van der Waals surface area contributed by atoms with Gasteiger partial charge in [-0.2, -0.15) is 0 Å². The molecule has 0 fully saturated rings. The van der Waals surface area contributed by atoms with E-state index in [2.05, 4.69) is 17.2 Å². The maximum Gasteiger partial charge on any atom is 3.00 e. The maximum atomic E-state index is 9.35. The summed E-state index contributed by atoms with van der Waals surface area (Å²) >= 11 is 0. The van der Waals surface area contributed by atoms with E-state index in [0.717, 1.165) is 0 Å². The molecule has 0 aromatic heterocycles. The van der Waals surface area contributed by atoms with E-state index in [0.29, 0.717) is 0 Å². The minimum Gasteiger partial charge on any atom is -0.810 e. The van der Waals surface area contributed by atoms with Gasteiger partial charge in [0, 0.05) is 18.9 Å². The summed E-state index contributed by atoms with van der Waals surface area (Å²) in [5.41, 5.74) is 13.3. The van der Waals surface area contributed by atoms with Gasteiger partial charge in [-0.25, -0.2) is 0 Å². The summed E-state index contributed by atoms with van der Waals surface area (Å²) in [4.78, 5) is 56.1. The summed E-state index contributed by atoms with van der Waals surface area (Å²) in [7, 11) is -13.1. The van der Waals surface area contributed by atoms with Crippen LogP contribution in [0.15, 0.2) is 0 Å². The van der Waals surface area contributed by atoms with Crippen LogP contribution in [0.25, 0.3) is 0 Å². The van der Waals surface area contributed by atoms with Gasteiger partial charge in [-0.15, -0.1) is 0 Å². The van der Waals surface area contributed by atoms with Gasteiger partial charge in [0.1, 0.15) is 0 Å². The summed E-state index contributed by atoms with van der Waals surface area (Å²) in [5.74, 6) is 0. The van der Waals surface area contributed by atoms with Crippen molar-refractivity contribution in [1.29, 1.82) is 0 Å². The molecular weight excluding hydrogens is 427 g/mol. The van der Waals surface area contributed by atoms with Crippen molar-refractivity contribution in [2.24, 2.45) is 17.2 Å². The summed E-state index contributed by atoms with van der Waals surface area (Å²) < 4.78 is 28.0. The molecule has 0 saturated heterocycles. The van der Waals surface area contributed by atoms with E-state index in [1.165, 1.54) is 0 Å². The molecule has 12 nitrogen and oxygen atoms in total. The molecule has 0 rings (SSSR count). The number of nitrogens with two attached hydrogens (primary N) is 3. The van der Waals surface area contributed by atoms with Gasteiger partial charge in [0.05, 0.1) is 0 Å². The Bertz CT molecular complexity index is 286. The number of hydrogen-bond acceptors (Lipinski definition) is 12. The Morgan fingerprint density at radius 3 is 0.600 bits per heavy atom. The second-order valence-electron chi connectivity index (χ2n) is 2.38. The topological polar surface area (TPSA) is 268 Å². The summed E-state index contributed by atoms with van der Waals surface area (Å²) in [5, 5.41) is 0. The molecule has 0 aromatic rings. The van der Waals surface area contributed by atoms with E-state index >= 15 is 0 Å². The monoisotopic (exact) mass is 439 g/mol. The minimum atomic E-state index is -4.37. The quantitative estimate of drug-likeness (QED) is 0.274. The van der Waals surface area contributed by atoms with E-state index in [-0.39, 0.29) is 34.1 Å². The van der Waals surface area contributed by atoms with Crippen LogP contribution in [-0.4, -0.2) is 18.9 Å². The Labute approximate surface area is 136 Å². The predicted molar refractivity (Wildman–Crippen MR) is 50.0 cm³/mol. The average molecular weight is 439 g/mol. The van der Waals surface area contributed by atoms with Gasteiger partial charge in [-0.05, 0) is 0 Å². The van der Waals surface area contributed by atoms with Gasteiger partial charge in [0.2, 0.25) is 0 Å². The molecule has 124 valence electrons. The molecule has 17 heteroatoms. The van der Waals surface area contributed by atoms with E-state index in [1.54, 1.807) is 0 Å². The predicted octanol–water partition coefficient (Wildman–Crippen LogP) is -6.56. The third kappa shape index (κ3) is 60.8. The molecular formula is C3H12Fe2N3O9P3. The van der Waals surface area contributed by atoms with Crippen molar-refractivity contribution >= 4 is 22.8 Å². The summed E-state index contributed by atoms with van der Waals surface area (Å²) in [6, 6.07) is 0. The van der Waals surface area contributed by atoms with Crippen LogP contribution in [-0.2, 0) is 47.8 Å². The third-order valence-corrected chi connectivity index (χ3v) is 2.01. The fourth-order valence-corrected chi connectivity index (χ4v) is 0. The average Bonchev–Trinajstić information content (AvgIpc) is 2.16. The van der Waals surface area contributed by atoms with Gasteiger partial charge in [0.15, 0.2) is 0 Å². The minimum absolute atomic E-state index is 0. The first-order valence-corrected chi connectivity index (χ1v) is 9.00. The molecule has 0 unspecified atom stereocenters. The van der Waals surface area contributed by atoms with Crippen molar-refractivity contribution in [2.45, 2.75) is 0 Å². The molecule has 20 heavy (non-hydrogen) atoms. The molecule has 2 radical (unpaired) electrons. The van der Waals surface area contributed by atoms with Gasteiger partial charge in [-0.3, -0.25) is 0 Å². The smallest absolute Gasteiger partial charge is 0.810 e. The van der Waals surface area contributed by atoms with Crippen LogP contribution in [0.1, 0.15) is 0 Å². The number of hydrogen-bond donors (Lipinski definition) is 3. The zero-order valence-corrected chi connectivity index (χ0v) is 14.5. The third-order valence-electron chi connectivity index (χ3n) is 0.671. The van der Waals surface area contributed by atoms with Gasteiger partial charge < -0.3 is 60.3 Å². The molecule has 0 amide bonds. The maximum absolute atomic E-state index is 9.35. The fourth-order valence-electron chi connectivity index (χ4n) is 0. The SMILES string of the molecule is NCP(=O)([O-])[O-].NCP(=O)([O-])[O-].NCP(=O)([O-])[O-].[Fe+3].[Fe+3]. The Morgan fingerprint density at radius 1 is 0.550 bits per heavy atom. The van der Waals surface area contributed by atoms with Gasteiger partial charge in [0.25, 0.3) is 0 Å².